The fourth-order valence-electron chi connectivity index (χ4n) is 1.61. The fraction of sp³-hybridized carbons (Fsp3) is 0.538. The molecule has 0 spiro atoms. The Bertz CT molecular complexity index is 343. The molecule has 0 aromatic heterocycles. The molecule has 0 saturated carbocycles. The normalized spacial score (nSPS) is 15.6. The summed E-state index contributed by atoms with van der Waals surface area (Å²) in [7, 11) is 0. The van der Waals surface area contributed by atoms with E-state index in [9.17, 15) is 13.2 Å². The van der Waals surface area contributed by atoms with Crippen LogP contribution < -0.4 is 5.73 Å². The van der Waals surface area contributed by atoms with Gasteiger partial charge < -0.3 is 5.73 Å². The van der Waals surface area contributed by atoms with Crippen molar-refractivity contribution in [2.45, 2.75) is 38.9 Å². The lowest BCUT2D eigenvalue weighted by Gasteiger charge is -2.18. The Balaban J connectivity index is 2.69. The Morgan fingerprint density at radius 1 is 1.18 bits per heavy atom. The second kappa shape index (κ2) is 5.54. The molecule has 1 aromatic carbocycles. The van der Waals surface area contributed by atoms with Crippen molar-refractivity contribution in [1.82, 2.24) is 0 Å². The zero-order valence-corrected chi connectivity index (χ0v) is 10.1. The van der Waals surface area contributed by atoms with Gasteiger partial charge in [0.1, 0.15) is 0 Å². The van der Waals surface area contributed by atoms with Crippen LogP contribution in [-0.4, -0.2) is 6.04 Å². The zero-order valence-electron chi connectivity index (χ0n) is 10.1. The molecule has 0 saturated heterocycles. The average molecular weight is 245 g/mol. The van der Waals surface area contributed by atoms with Gasteiger partial charge in [-0.1, -0.05) is 32.4 Å². The van der Waals surface area contributed by atoms with Gasteiger partial charge in [0.05, 0.1) is 5.56 Å². The quantitative estimate of drug-likeness (QED) is 0.861. The van der Waals surface area contributed by atoms with Crippen molar-refractivity contribution in [1.29, 1.82) is 0 Å². The van der Waals surface area contributed by atoms with Gasteiger partial charge in [0.15, 0.2) is 0 Å². The Morgan fingerprint density at radius 2 is 1.71 bits per heavy atom. The lowest BCUT2D eigenvalue weighted by molar-refractivity contribution is -0.137. The van der Waals surface area contributed by atoms with Crippen molar-refractivity contribution in [2.75, 3.05) is 0 Å². The molecule has 0 radical (unpaired) electrons. The molecular weight excluding hydrogens is 227 g/mol. The molecule has 96 valence electrons. The monoisotopic (exact) mass is 245 g/mol. The van der Waals surface area contributed by atoms with E-state index < -0.39 is 11.7 Å². The largest absolute Gasteiger partial charge is 0.416 e. The van der Waals surface area contributed by atoms with Gasteiger partial charge in [0, 0.05) is 6.04 Å². The fourth-order valence-corrected chi connectivity index (χ4v) is 1.61. The van der Waals surface area contributed by atoms with Crippen LogP contribution >= 0.6 is 0 Å². The first-order valence-corrected chi connectivity index (χ1v) is 5.76. The van der Waals surface area contributed by atoms with E-state index in [2.05, 4.69) is 13.8 Å². The summed E-state index contributed by atoms with van der Waals surface area (Å²) in [6.45, 7) is 4.10. The summed E-state index contributed by atoms with van der Waals surface area (Å²) in [4.78, 5) is 0. The molecule has 17 heavy (non-hydrogen) atoms. The molecule has 0 heterocycles. The Hall–Kier alpha value is -1.03. The second-order valence-corrected chi connectivity index (χ2v) is 4.45. The van der Waals surface area contributed by atoms with Gasteiger partial charge in [0.25, 0.3) is 0 Å². The molecule has 0 amide bonds. The highest BCUT2D eigenvalue weighted by atomic mass is 19.4. The van der Waals surface area contributed by atoms with Gasteiger partial charge in [-0.25, -0.2) is 0 Å². The standard InChI is InChI=1S/C13H18F3N/c1-3-9(2)12(17)8-10-4-6-11(7-5-10)13(14,15)16/h4-7,9,12H,3,8,17H2,1-2H3. The maximum atomic E-state index is 12.3. The molecule has 2 unspecified atom stereocenters. The van der Waals surface area contributed by atoms with Crippen molar-refractivity contribution in [3.05, 3.63) is 35.4 Å². The zero-order chi connectivity index (χ0) is 13.1. The minimum Gasteiger partial charge on any atom is -0.327 e. The molecule has 2 atom stereocenters. The molecule has 1 nitrogen and oxygen atoms in total. The first-order valence-electron chi connectivity index (χ1n) is 5.76. The maximum absolute atomic E-state index is 12.3. The van der Waals surface area contributed by atoms with Crippen molar-refractivity contribution in [3.8, 4) is 0 Å². The summed E-state index contributed by atoms with van der Waals surface area (Å²) in [5.74, 6) is 0.372. The third-order valence-electron chi connectivity index (χ3n) is 3.13. The van der Waals surface area contributed by atoms with Gasteiger partial charge in [-0.2, -0.15) is 13.2 Å². The van der Waals surface area contributed by atoms with E-state index in [4.69, 9.17) is 5.73 Å². The molecule has 0 bridgehead atoms. The first-order chi connectivity index (χ1) is 7.84. The summed E-state index contributed by atoms with van der Waals surface area (Å²) in [5.41, 5.74) is 6.20. The average Bonchev–Trinajstić information content (AvgIpc) is 2.27. The van der Waals surface area contributed by atoms with E-state index in [1.165, 1.54) is 12.1 Å². The predicted octanol–water partition coefficient (Wildman–Crippen LogP) is 3.62. The predicted molar refractivity (Wildman–Crippen MR) is 62.6 cm³/mol. The summed E-state index contributed by atoms with van der Waals surface area (Å²) in [6.07, 6.45) is -2.67. The summed E-state index contributed by atoms with van der Waals surface area (Å²) >= 11 is 0. The van der Waals surface area contributed by atoms with Crippen LogP contribution in [0.25, 0.3) is 0 Å². The van der Waals surface area contributed by atoms with Gasteiger partial charge in [-0.05, 0) is 30.0 Å². The topological polar surface area (TPSA) is 26.0 Å². The summed E-state index contributed by atoms with van der Waals surface area (Å²) < 4.78 is 37.0. The molecule has 0 aliphatic rings. The summed E-state index contributed by atoms with van der Waals surface area (Å²) in [6, 6.07) is 5.23. The number of rotatable bonds is 4. The van der Waals surface area contributed by atoms with Crippen LogP contribution in [-0.2, 0) is 12.6 Å². The van der Waals surface area contributed by atoms with Crippen LogP contribution in [0.5, 0.6) is 0 Å². The molecule has 0 fully saturated rings. The van der Waals surface area contributed by atoms with E-state index in [0.717, 1.165) is 24.1 Å². The Morgan fingerprint density at radius 3 is 2.12 bits per heavy atom. The van der Waals surface area contributed by atoms with Crippen molar-refractivity contribution >= 4 is 0 Å². The third-order valence-corrected chi connectivity index (χ3v) is 3.13. The van der Waals surface area contributed by atoms with Crippen LogP contribution in [0.2, 0.25) is 0 Å². The third kappa shape index (κ3) is 4.04. The van der Waals surface area contributed by atoms with Gasteiger partial charge in [-0.3, -0.25) is 0 Å². The first kappa shape index (κ1) is 14.0. The highest BCUT2D eigenvalue weighted by Crippen LogP contribution is 2.29. The molecule has 1 rings (SSSR count). The van der Waals surface area contributed by atoms with Crippen molar-refractivity contribution in [3.63, 3.8) is 0 Å². The van der Waals surface area contributed by atoms with E-state index in [1.807, 2.05) is 0 Å². The number of halogens is 3. The number of benzene rings is 1. The van der Waals surface area contributed by atoms with Crippen LogP contribution in [0.3, 0.4) is 0 Å². The number of alkyl halides is 3. The van der Waals surface area contributed by atoms with E-state index in [-0.39, 0.29) is 6.04 Å². The lowest BCUT2D eigenvalue weighted by Crippen LogP contribution is -2.30. The van der Waals surface area contributed by atoms with Crippen molar-refractivity contribution < 1.29 is 13.2 Å². The number of nitrogens with two attached hydrogens (primary N) is 1. The van der Waals surface area contributed by atoms with E-state index in [1.54, 1.807) is 0 Å². The van der Waals surface area contributed by atoms with Crippen molar-refractivity contribution in [2.24, 2.45) is 11.7 Å². The van der Waals surface area contributed by atoms with E-state index in [0.29, 0.717) is 12.3 Å². The Labute approximate surface area is 99.8 Å². The highest BCUT2D eigenvalue weighted by Gasteiger charge is 2.29. The number of hydrogen-bond donors (Lipinski definition) is 1. The minimum atomic E-state index is -4.27. The lowest BCUT2D eigenvalue weighted by atomic mass is 9.93. The van der Waals surface area contributed by atoms with Gasteiger partial charge >= 0.3 is 6.18 Å². The number of hydrogen-bond acceptors (Lipinski definition) is 1. The highest BCUT2D eigenvalue weighted by molar-refractivity contribution is 5.25. The van der Waals surface area contributed by atoms with Crippen LogP contribution in [0.15, 0.2) is 24.3 Å². The second-order valence-electron chi connectivity index (χ2n) is 4.45. The molecule has 2 N–H and O–H groups in total. The van der Waals surface area contributed by atoms with Crippen LogP contribution in [0.1, 0.15) is 31.4 Å². The van der Waals surface area contributed by atoms with Crippen LogP contribution in [0.4, 0.5) is 13.2 Å². The van der Waals surface area contributed by atoms with Gasteiger partial charge in [-0.15, -0.1) is 0 Å². The molecule has 4 heteroatoms. The van der Waals surface area contributed by atoms with Crippen LogP contribution in [0, 0.1) is 5.92 Å². The SMILES string of the molecule is CCC(C)C(N)Cc1ccc(C(F)(F)F)cc1. The Kier molecular flexibility index (Phi) is 4.57. The molecule has 0 aliphatic heterocycles. The summed E-state index contributed by atoms with van der Waals surface area (Å²) in [5, 5.41) is 0. The minimum absolute atomic E-state index is 0.00302. The maximum Gasteiger partial charge on any atom is 0.416 e. The smallest absolute Gasteiger partial charge is 0.327 e. The van der Waals surface area contributed by atoms with Gasteiger partial charge in [0.2, 0.25) is 0 Å². The molecule has 1 aromatic rings. The molecular formula is C13H18F3N. The molecule has 0 aliphatic carbocycles. The van der Waals surface area contributed by atoms with E-state index >= 15 is 0 Å².